The zero-order valence-corrected chi connectivity index (χ0v) is 18.0. The van der Waals surface area contributed by atoms with Gasteiger partial charge in [-0.15, -0.1) is 0 Å². The van der Waals surface area contributed by atoms with E-state index in [1.165, 1.54) is 5.56 Å². The molecule has 2 aromatic heterocycles. The number of rotatable bonds is 2. The van der Waals surface area contributed by atoms with Crippen molar-refractivity contribution in [2.75, 3.05) is 5.32 Å². The smallest absolute Gasteiger partial charge is 0.288 e. The van der Waals surface area contributed by atoms with Crippen molar-refractivity contribution in [3.63, 3.8) is 0 Å². The van der Waals surface area contributed by atoms with E-state index < -0.39 is 6.04 Å². The Balaban J connectivity index is 1.75. The second kappa shape index (κ2) is 7.02. The van der Waals surface area contributed by atoms with Crippen molar-refractivity contribution < 1.29 is 0 Å². The van der Waals surface area contributed by atoms with Gasteiger partial charge >= 0.3 is 0 Å². The fourth-order valence-electron chi connectivity index (χ4n) is 3.84. The Labute approximate surface area is 183 Å². The second-order valence-electron chi connectivity index (χ2n) is 8.54. The predicted octanol–water partition coefficient (Wildman–Crippen LogP) is 4.07. The van der Waals surface area contributed by atoms with Gasteiger partial charge in [0.15, 0.2) is 0 Å². The highest BCUT2D eigenvalue weighted by Crippen LogP contribution is 2.41. The zero-order valence-electron chi connectivity index (χ0n) is 17.2. The molecule has 0 saturated heterocycles. The van der Waals surface area contributed by atoms with Crippen molar-refractivity contribution in [3.8, 4) is 11.3 Å². The summed E-state index contributed by atoms with van der Waals surface area (Å²) >= 11 is 6.07. The number of aromatic amines is 1. The number of anilines is 2. The van der Waals surface area contributed by atoms with Crippen molar-refractivity contribution in [2.45, 2.75) is 32.2 Å². The van der Waals surface area contributed by atoms with Crippen LogP contribution < -0.4 is 10.9 Å². The van der Waals surface area contributed by atoms with Crippen LogP contribution in [0.4, 0.5) is 11.6 Å². The van der Waals surface area contributed by atoms with Crippen LogP contribution >= 0.6 is 11.6 Å². The fraction of sp³-hybridized carbons (Fsp3) is 0.227. The van der Waals surface area contributed by atoms with Crippen molar-refractivity contribution in [1.29, 1.82) is 0 Å². The van der Waals surface area contributed by atoms with Crippen LogP contribution in [-0.4, -0.2) is 30.4 Å². The summed E-state index contributed by atoms with van der Waals surface area (Å²) in [4.78, 5) is 12.7. The van der Waals surface area contributed by atoms with E-state index >= 15 is 0 Å². The van der Waals surface area contributed by atoms with Gasteiger partial charge in [0.25, 0.3) is 5.56 Å². The van der Waals surface area contributed by atoms with Crippen LogP contribution in [0.2, 0.25) is 5.02 Å². The highest BCUT2D eigenvalue weighted by molar-refractivity contribution is 6.30. The molecule has 156 valence electrons. The van der Waals surface area contributed by atoms with E-state index in [1.807, 2.05) is 12.1 Å². The molecule has 0 saturated carbocycles. The van der Waals surface area contributed by atoms with Gasteiger partial charge in [-0.25, -0.2) is 5.10 Å². The van der Waals surface area contributed by atoms with Gasteiger partial charge < -0.3 is 5.32 Å². The number of tetrazole rings is 1. The van der Waals surface area contributed by atoms with Crippen LogP contribution in [0.1, 0.15) is 43.5 Å². The number of benzene rings is 2. The van der Waals surface area contributed by atoms with Gasteiger partial charge in [0.2, 0.25) is 5.95 Å². The molecule has 5 rings (SSSR count). The van der Waals surface area contributed by atoms with Gasteiger partial charge in [-0.05, 0) is 39.1 Å². The maximum Gasteiger partial charge on any atom is 0.288 e. The number of nitrogens with zero attached hydrogens (tertiary/aromatic N) is 5. The molecule has 0 bridgehead atoms. The standard InChI is InChI=1S/C22H20ClN7O/c1-22(2,3)14-8-4-13(5-9-14)19-16-17(12-6-10-15(23)11-7-12)25-26-20(31)18(16)24-21-27-28-29-30(19)21/h4-11,19H,1-3H3,(H,26,31)(H,24,27,29)/t19-/m1/s1. The van der Waals surface area contributed by atoms with Crippen LogP contribution in [-0.2, 0) is 5.41 Å². The minimum atomic E-state index is -0.421. The Bertz CT molecular complexity index is 1320. The largest absolute Gasteiger partial charge is 0.318 e. The molecule has 0 spiro atoms. The van der Waals surface area contributed by atoms with E-state index in [2.05, 4.69) is 76.1 Å². The third-order valence-electron chi connectivity index (χ3n) is 5.48. The maximum absolute atomic E-state index is 12.7. The van der Waals surface area contributed by atoms with E-state index in [0.717, 1.165) is 11.1 Å². The number of aromatic nitrogens is 6. The van der Waals surface area contributed by atoms with E-state index in [0.29, 0.717) is 27.9 Å². The molecule has 0 radical (unpaired) electrons. The van der Waals surface area contributed by atoms with Crippen LogP contribution in [0.5, 0.6) is 0 Å². The van der Waals surface area contributed by atoms with Crippen molar-refractivity contribution >= 4 is 23.2 Å². The van der Waals surface area contributed by atoms with Crippen LogP contribution in [0.25, 0.3) is 11.3 Å². The van der Waals surface area contributed by atoms with Gasteiger partial charge in [-0.1, -0.05) is 73.9 Å². The Morgan fingerprint density at radius 3 is 2.42 bits per heavy atom. The lowest BCUT2D eigenvalue weighted by molar-refractivity contribution is 0.564. The van der Waals surface area contributed by atoms with Crippen LogP contribution in [0.3, 0.4) is 0 Å². The van der Waals surface area contributed by atoms with Gasteiger partial charge in [0.1, 0.15) is 11.7 Å². The van der Waals surface area contributed by atoms with Crippen LogP contribution in [0.15, 0.2) is 53.3 Å². The van der Waals surface area contributed by atoms with Gasteiger partial charge in [-0.2, -0.15) is 9.78 Å². The number of H-pyrrole nitrogens is 1. The molecule has 31 heavy (non-hydrogen) atoms. The molecule has 1 aliphatic heterocycles. The third-order valence-corrected chi connectivity index (χ3v) is 5.73. The molecule has 8 nitrogen and oxygen atoms in total. The molecular formula is C22H20ClN7O. The first-order valence-corrected chi connectivity index (χ1v) is 10.2. The SMILES string of the molecule is CC(C)(C)c1ccc([C@@H]2c3c(-c4ccc(Cl)cc4)n[nH]c(=O)c3Nc3nnnn32)cc1. The van der Waals surface area contributed by atoms with E-state index in [4.69, 9.17) is 11.6 Å². The summed E-state index contributed by atoms with van der Waals surface area (Å²) in [5.41, 5.74) is 4.39. The minimum Gasteiger partial charge on any atom is -0.318 e. The molecule has 2 N–H and O–H groups in total. The number of nitrogens with one attached hydrogen (secondary N) is 2. The van der Waals surface area contributed by atoms with Crippen molar-refractivity contribution in [2.24, 2.45) is 0 Å². The molecule has 0 fully saturated rings. The summed E-state index contributed by atoms with van der Waals surface area (Å²) in [5, 5.41) is 22.7. The molecule has 2 aromatic carbocycles. The number of hydrogen-bond acceptors (Lipinski definition) is 6. The first-order valence-electron chi connectivity index (χ1n) is 9.87. The fourth-order valence-corrected chi connectivity index (χ4v) is 3.96. The predicted molar refractivity (Wildman–Crippen MR) is 119 cm³/mol. The lowest BCUT2D eigenvalue weighted by Crippen LogP contribution is -2.29. The van der Waals surface area contributed by atoms with E-state index in [1.54, 1.807) is 16.8 Å². The summed E-state index contributed by atoms with van der Waals surface area (Å²) in [5.74, 6) is 0.399. The van der Waals surface area contributed by atoms with Crippen LogP contribution in [0, 0.1) is 0 Å². The summed E-state index contributed by atoms with van der Waals surface area (Å²) < 4.78 is 1.68. The molecule has 4 aromatic rings. The minimum absolute atomic E-state index is 0.0255. The Hall–Kier alpha value is -3.52. The Morgan fingerprint density at radius 2 is 1.74 bits per heavy atom. The summed E-state index contributed by atoms with van der Waals surface area (Å²) in [6, 6.07) is 15.2. The topological polar surface area (TPSA) is 101 Å². The monoisotopic (exact) mass is 433 g/mol. The normalized spacial score (nSPS) is 15.2. The second-order valence-corrected chi connectivity index (χ2v) is 8.98. The molecule has 0 unspecified atom stereocenters. The Morgan fingerprint density at radius 1 is 1.03 bits per heavy atom. The molecule has 3 heterocycles. The third kappa shape index (κ3) is 3.29. The highest BCUT2D eigenvalue weighted by Gasteiger charge is 2.34. The zero-order chi connectivity index (χ0) is 21.8. The summed E-state index contributed by atoms with van der Waals surface area (Å²) in [7, 11) is 0. The maximum atomic E-state index is 12.7. The lowest BCUT2D eigenvalue weighted by atomic mass is 9.85. The summed E-state index contributed by atoms with van der Waals surface area (Å²) in [6.07, 6.45) is 0. The molecule has 1 aliphatic rings. The lowest BCUT2D eigenvalue weighted by Gasteiger charge is -2.28. The molecule has 0 aliphatic carbocycles. The van der Waals surface area contributed by atoms with E-state index in [9.17, 15) is 4.79 Å². The van der Waals surface area contributed by atoms with Gasteiger partial charge in [0, 0.05) is 16.1 Å². The molecule has 0 amide bonds. The number of hydrogen-bond donors (Lipinski definition) is 2. The quantitative estimate of drug-likeness (QED) is 0.435. The van der Waals surface area contributed by atoms with Gasteiger partial charge in [-0.3, -0.25) is 4.79 Å². The highest BCUT2D eigenvalue weighted by atomic mass is 35.5. The van der Waals surface area contributed by atoms with Crippen molar-refractivity contribution in [1.82, 2.24) is 30.4 Å². The molecular weight excluding hydrogens is 414 g/mol. The first kappa shape index (κ1) is 19.4. The number of halogens is 1. The first-order chi connectivity index (χ1) is 14.8. The average molecular weight is 434 g/mol. The Kier molecular flexibility index (Phi) is 4.40. The number of fused-ring (bicyclic) bond motifs is 2. The van der Waals surface area contributed by atoms with E-state index in [-0.39, 0.29) is 11.0 Å². The molecule has 9 heteroatoms. The summed E-state index contributed by atoms with van der Waals surface area (Å²) in [6.45, 7) is 6.51. The molecule has 1 atom stereocenters. The van der Waals surface area contributed by atoms with Gasteiger partial charge in [0.05, 0.1) is 5.69 Å². The average Bonchev–Trinajstić information content (AvgIpc) is 3.21. The van der Waals surface area contributed by atoms with Crippen molar-refractivity contribution in [3.05, 3.63) is 80.6 Å².